The number of urea groups is 1. The number of carbonyl (C=O) groups excluding carboxylic acids is 3. The van der Waals surface area contributed by atoms with Crippen LogP contribution in [0.2, 0.25) is 5.02 Å². The summed E-state index contributed by atoms with van der Waals surface area (Å²) >= 11 is 6.07. The topological polar surface area (TPSA) is 158 Å². The van der Waals surface area contributed by atoms with Crippen molar-refractivity contribution in [2.24, 2.45) is 0 Å². The van der Waals surface area contributed by atoms with Crippen molar-refractivity contribution in [3.8, 4) is 5.75 Å². The van der Waals surface area contributed by atoms with Gasteiger partial charge in [0.15, 0.2) is 0 Å². The molecule has 1 aromatic rings. The first-order chi connectivity index (χ1) is 14.3. The number of amides is 4. The number of ether oxygens (including phenoxy) is 2. The predicted molar refractivity (Wildman–Crippen MR) is 114 cm³/mol. The number of nitrogen functional groups attached to an aromatic ring is 1. The van der Waals surface area contributed by atoms with Crippen molar-refractivity contribution in [3.05, 3.63) is 22.7 Å². The SMILES string of the molecule is COc1cc(N)c(Cl)cc1C(=O)N[C@@H]1CCN(CCN2C(=O)CNC2=O)C[C@@H]1OC.O. The van der Waals surface area contributed by atoms with Crippen molar-refractivity contribution in [1.29, 1.82) is 0 Å². The number of hydrogen-bond acceptors (Lipinski definition) is 7. The zero-order chi connectivity index (χ0) is 21.8. The van der Waals surface area contributed by atoms with E-state index in [0.717, 1.165) is 0 Å². The molecule has 2 aliphatic heterocycles. The van der Waals surface area contributed by atoms with E-state index in [-0.39, 0.29) is 47.0 Å². The fourth-order valence-corrected chi connectivity index (χ4v) is 3.84. The molecule has 12 heteroatoms. The molecule has 31 heavy (non-hydrogen) atoms. The molecule has 0 radical (unpaired) electrons. The molecule has 2 heterocycles. The highest BCUT2D eigenvalue weighted by molar-refractivity contribution is 6.33. The van der Waals surface area contributed by atoms with Gasteiger partial charge in [0.05, 0.1) is 42.1 Å². The van der Waals surface area contributed by atoms with Crippen molar-refractivity contribution in [2.45, 2.75) is 18.6 Å². The van der Waals surface area contributed by atoms with Crippen molar-refractivity contribution in [2.75, 3.05) is 52.7 Å². The molecule has 172 valence electrons. The second-order valence-corrected chi connectivity index (χ2v) is 7.63. The molecule has 0 saturated carbocycles. The molecule has 6 N–H and O–H groups in total. The second kappa shape index (κ2) is 10.6. The van der Waals surface area contributed by atoms with Gasteiger partial charge in [-0.25, -0.2) is 4.79 Å². The average molecular weight is 458 g/mol. The fourth-order valence-electron chi connectivity index (χ4n) is 3.67. The third-order valence-corrected chi connectivity index (χ3v) is 5.73. The highest BCUT2D eigenvalue weighted by Gasteiger charge is 2.33. The zero-order valence-electron chi connectivity index (χ0n) is 17.4. The summed E-state index contributed by atoms with van der Waals surface area (Å²) in [7, 11) is 3.05. The standard InChI is InChI=1S/C19H26ClN5O5.H2O/c1-29-15-8-13(21)12(20)7-11(15)18(27)23-14-3-4-24(10-16(14)30-2)5-6-25-17(26)9-22-19(25)28;/h7-8,14,16H,3-6,9-10,21H2,1-2H3,(H,22,28)(H,23,27);1H2/t14-,16+;/m1./s1. The molecule has 0 aromatic heterocycles. The van der Waals surface area contributed by atoms with Gasteiger partial charge in [-0.15, -0.1) is 0 Å². The van der Waals surface area contributed by atoms with E-state index in [0.29, 0.717) is 49.6 Å². The van der Waals surface area contributed by atoms with Crippen LogP contribution in [0.15, 0.2) is 12.1 Å². The molecule has 0 spiro atoms. The lowest BCUT2D eigenvalue weighted by Gasteiger charge is -2.38. The molecule has 0 unspecified atom stereocenters. The molecule has 2 fully saturated rings. The van der Waals surface area contributed by atoms with E-state index < -0.39 is 0 Å². The largest absolute Gasteiger partial charge is 0.496 e. The number of nitrogens with two attached hydrogens (primary N) is 1. The molecule has 2 atom stereocenters. The molecular weight excluding hydrogens is 430 g/mol. The minimum Gasteiger partial charge on any atom is -0.496 e. The van der Waals surface area contributed by atoms with Gasteiger partial charge in [0.2, 0.25) is 5.91 Å². The van der Waals surface area contributed by atoms with E-state index in [1.165, 1.54) is 24.1 Å². The van der Waals surface area contributed by atoms with Gasteiger partial charge in [0.1, 0.15) is 5.75 Å². The van der Waals surface area contributed by atoms with Crippen LogP contribution in [0.1, 0.15) is 16.8 Å². The number of rotatable bonds is 7. The van der Waals surface area contributed by atoms with Crippen LogP contribution in [0.25, 0.3) is 0 Å². The summed E-state index contributed by atoms with van der Waals surface area (Å²) < 4.78 is 10.8. The van der Waals surface area contributed by atoms with Gasteiger partial charge in [0, 0.05) is 39.4 Å². The Labute approximate surface area is 185 Å². The van der Waals surface area contributed by atoms with Gasteiger partial charge in [0.25, 0.3) is 5.91 Å². The summed E-state index contributed by atoms with van der Waals surface area (Å²) in [6.45, 7) is 2.16. The first-order valence-corrected chi connectivity index (χ1v) is 9.99. The van der Waals surface area contributed by atoms with Crippen LogP contribution < -0.4 is 21.1 Å². The van der Waals surface area contributed by atoms with Crippen LogP contribution >= 0.6 is 11.6 Å². The molecule has 1 aromatic carbocycles. The maximum atomic E-state index is 12.8. The van der Waals surface area contributed by atoms with Crippen molar-refractivity contribution >= 4 is 35.1 Å². The minimum atomic E-state index is -0.360. The van der Waals surface area contributed by atoms with Gasteiger partial charge in [-0.05, 0) is 12.5 Å². The Morgan fingerprint density at radius 3 is 2.68 bits per heavy atom. The molecule has 11 nitrogen and oxygen atoms in total. The highest BCUT2D eigenvalue weighted by Crippen LogP contribution is 2.29. The Kier molecular flexibility index (Phi) is 8.45. The van der Waals surface area contributed by atoms with E-state index in [2.05, 4.69) is 15.5 Å². The van der Waals surface area contributed by atoms with Gasteiger partial charge in [-0.2, -0.15) is 0 Å². The van der Waals surface area contributed by atoms with Crippen LogP contribution in [0.4, 0.5) is 10.5 Å². The Bertz CT molecular complexity index is 822. The third-order valence-electron chi connectivity index (χ3n) is 5.40. The first-order valence-electron chi connectivity index (χ1n) is 9.61. The Balaban J connectivity index is 0.00000341. The van der Waals surface area contributed by atoms with Gasteiger partial charge >= 0.3 is 6.03 Å². The second-order valence-electron chi connectivity index (χ2n) is 7.22. The average Bonchev–Trinajstić information content (AvgIpc) is 3.06. The summed E-state index contributed by atoms with van der Waals surface area (Å²) in [6, 6.07) is 2.43. The quantitative estimate of drug-likeness (QED) is 0.367. The summed E-state index contributed by atoms with van der Waals surface area (Å²) in [5.74, 6) is -0.204. The fraction of sp³-hybridized carbons (Fsp3) is 0.526. The molecule has 3 rings (SSSR count). The van der Waals surface area contributed by atoms with Crippen LogP contribution in [0, 0.1) is 0 Å². The molecule has 2 aliphatic rings. The summed E-state index contributed by atoms with van der Waals surface area (Å²) in [5.41, 5.74) is 6.41. The number of benzene rings is 1. The maximum Gasteiger partial charge on any atom is 0.324 e. The normalized spacial score (nSPS) is 21.5. The summed E-state index contributed by atoms with van der Waals surface area (Å²) in [6.07, 6.45) is 0.399. The number of methoxy groups -OCH3 is 2. The lowest BCUT2D eigenvalue weighted by atomic mass is 10.0. The lowest BCUT2D eigenvalue weighted by Crippen LogP contribution is -2.55. The number of imide groups is 1. The number of carbonyl (C=O) groups is 3. The summed E-state index contributed by atoms with van der Waals surface area (Å²) in [5, 5.41) is 5.78. The number of anilines is 1. The monoisotopic (exact) mass is 457 g/mol. The number of hydrogen-bond donors (Lipinski definition) is 3. The number of nitrogens with zero attached hydrogens (tertiary/aromatic N) is 2. The molecule has 0 aliphatic carbocycles. The number of nitrogens with one attached hydrogen (secondary N) is 2. The van der Waals surface area contributed by atoms with Crippen molar-refractivity contribution in [3.63, 3.8) is 0 Å². The molecule has 0 bridgehead atoms. The summed E-state index contributed by atoms with van der Waals surface area (Å²) in [4.78, 5) is 39.5. The molecule has 4 amide bonds. The first kappa shape index (κ1) is 24.7. The van der Waals surface area contributed by atoms with Gasteiger partial charge < -0.3 is 31.3 Å². The van der Waals surface area contributed by atoms with Crippen LogP contribution in [0.3, 0.4) is 0 Å². The molecule has 2 saturated heterocycles. The Hall–Kier alpha value is -2.60. The minimum absolute atomic E-state index is 0. The van der Waals surface area contributed by atoms with Crippen molar-refractivity contribution < 1.29 is 29.3 Å². The van der Waals surface area contributed by atoms with Gasteiger partial charge in [-0.1, -0.05) is 11.6 Å². The van der Waals surface area contributed by atoms with Crippen LogP contribution in [0.5, 0.6) is 5.75 Å². The number of piperidine rings is 1. The highest BCUT2D eigenvalue weighted by atomic mass is 35.5. The maximum absolute atomic E-state index is 12.8. The Morgan fingerprint density at radius 1 is 1.32 bits per heavy atom. The third kappa shape index (κ3) is 5.56. The van der Waals surface area contributed by atoms with E-state index in [1.807, 2.05) is 0 Å². The van der Waals surface area contributed by atoms with E-state index >= 15 is 0 Å². The van der Waals surface area contributed by atoms with E-state index in [1.54, 1.807) is 7.11 Å². The van der Waals surface area contributed by atoms with E-state index in [9.17, 15) is 14.4 Å². The van der Waals surface area contributed by atoms with E-state index in [4.69, 9.17) is 26.8 Å². The van der Waals surface area contributed by atoms with Crippen LogP contribution in [-0.2, 0) is 9.53 Å². The van der Waals surface area contributed by atoms with Crippen LogP contribution in [-0.4, -0.2) is 92.2 Å². The number of likely N-dealkylation sites (tertiary alicyclic amines) is 1. The molecular formula is C19H28ClN5O6. The predicted octanol–water partition coefficient (Wildman–Crippen LogP) is -0.523. The lowest BCUT2D eigenvalue weighted by molar-refractivity contribution is -0.125. The zero-order valence-corrected chi connectivity index (χ0v) is 18.2. The Morgan fingerprint density at radius 2 is 2.06 bits per heavy atom. The smallest absolute Gasteiger partial charge is 0.324 e. The number of halogens is 1. The van der Waals surface area contributed by atoms with Crippen molar-refractivity contribution in [1.82, 2.24) is 20.4 Å². The van der Waals surface area contributed by atoms with Gasteiger partial charge in [-0.3, -0.25) is 19.4 Å².